The van der Waals surface area contributed by atoms with E-state index >= 15 is 0 Å². The van der Waals surface area contributed by atoms with Crippen LogP contribution < -0.4 is 9.80 Å². The molecule has 2 atom stereocenters. The first kappa shape index (κ1) is 24.7. The highest BCUT2D eigenvalue weighted by Gasteiger charge is 2.48. The maximum Gasteiger partial charge on any atom is 0.332 e. The van der Waals surface area contributed by atoms with Gasteiger partial charge >= 0.3 is 12.0 Å². The predicted molar refractivity (Wildman–Crippen MR) is 123 cm³/mol. The van der Waals surface area contributed by atoms with E-state index in [1.165, 1.54) is 16.9 Å². The molecule has 2 unspecified atom stereocenters. The second kappa shape index (κ2) is 9.13. The maximum absolute atomic E-state index is 13.6. The van der Waals surface area contributed by atoms with Gasteiger partial charge in [0, 0.05) is 17.6 Å². The summed E-state index contributed by atoms with van der Waals surface area (Å²) in [6.07, 6.45) is 0.563. The zero-order valence-electron chi connectivity index (χ0n) is 20.4. The summed E-state index contributed by atoms with van der Waals surface area (Å²) in [5.41, 5.74) is 1.57. The molecule has 180 valence electrons. The van der Waals surface area contributed by atoms with Crippen LogP contribution in [0, 0.1) is 19.3 Å². The number of urea groups is 1. The monoisotopic (exact) mass is 459 g/mol. The van der Waals surface area contributed by atoms with E-state index in [4.69, 9.17) is 9.47 Å². The summed E-state index contributed by atoms with van der Waals surface area (Å²) in [5, 5.41) is 0. The smallest absolute Gasteiger partial charge is 0.332 e. The summed E-state index contributed by atoms with van der Waals surface area (Å²) in [5.74, 6) is -1.16. The van der Waals surface area contributed by atoms with E-state index in [1.807, 2.05) is 40.7 Å². The number of imide groups is 1. The Labute approximate surface area is 194 Å². The van der Waals surface area contributed by atoms with Crippen LogP contribution in [-0.4, -0.2) is 67.7 Å². The van der Waals surface area contributed by atoms with Gasteiger partial charge in [0.1, 0.15) is 12.1 Å². The minimum absolute atomic E-state index is 0.160. The summed E-state index contributed by atoms with van der Waals surface area (Å²) in [7, 11) is 1.28. The summed E-state index contributed by atoms with van der Waals surface area (Å²) in [6, 6.07) is 1.53. The molecule has 33 heavy (non-hydrogen) atoms. The van der Waals surface area contributed by atoms with Crippen molar-refractivity contribution in [1.29, 1.82) is 0 Å². The summed E-state index contributed by atoms with van der Waals surface area (Å²) >= 11 is 0. The number of methoxy groups -OCH3 is 1. The van der Waals surface area contributed by atoms with Crippen LogP contribution in [0.25, 0.3) is 0 Å². The molecule has 9 nitrogen and oxygen atoms in total. The number of hydrogen-bond donors (Lipinski definition) is 0. The van der Waals surface area contributed by atoms with E-state index in [1.54, 1.807) is 13.0 Å². The SMILES string of the molecule is CCC(C)(C)C(=O)N(c1cc(N2C(=O)C3COCCN3C2=O)c(C)cc1C)C(C)C(=O)OC. The van der Waals surface area contributed by atoms with Crippen molar-refractivity contribution in [2.24, 2.45) is 5.41 Å². The van der Waals surface area contributed by atoms with Gasteiger partial charge in [0.2, 0.25) is 5.91 Å². The second-order valence-electron chi connectivity index (χ2n) is 9.28. The standard InChI is InChI=1S/C24H33N3O6/c1-8-24(5,6)22(30)26(16(4)21(29)32-7)17-12-18(15(3)11-14(17)2)27-20(28)19-13-33-10-9-25(19)23(27)31/h11-12,16,19H,8-10,13H2,1-7H3. The molecule has 0 spiro atoms. The molecule has 4 amide bonds. The fourth-order valence-corrected chi connectivity index (χ4v) is 4.21. The average molecular weight is 460 g/mol. The van der Waals surface area contributed by atoms with E-state index in [9.17, 15) is 19.2 Å². The lowest BCUT2D eigenvalue weighted by Crippen LogP contribution is -2.49. The molecule has 3 rings (SSSR count). The first-order valence-electron chi connectivity index (χ1n) is 11.2. The molecule has 9 heteroatoms. The number of carbonyl (C=O) groups excluding carboxylic acids is 4. The Hall–Kier alpha value is -2.94. The van der Waals surface area contributed by atoms with Crippen LogP contribution in [0.5, 0.6) is 0 Å². The molecule has 0 aromatic heterocycles. The predicted octanol–water partition coefficient (Wildman–Crippen LogP) is 2.80. The van der Waals surface area contributed by atoms with Gasteiger partial charge in [0.25, 0.3) is 5.91 Å². The van der Waals surface area contributed by atoms with Gasteiger partial charge in [0.05, 0.1) is 26.0 Å². The number of ether oxygens (including phenoxy) is 2. The number of aryl methyl sites for hydroxylation is 2. The van der Waals surface area contributed by atoms with Gasteiger partial charge in [-0.15, -0.1) is 0 Å². The van der Waals surface area contributed by atoms with Crippen molar-refractivity contribution in [3.05, 3.63) is 23.3 Å². The number of fused-ring (bicyclic) bond motifs is 1. The number of morpholine rings is 1. The van der Waals surface area contributed by atoms with Gasteiger partial charge in [-0.3, -0.25) is 14.5 Å². The number of esters is 1. The Morgan fingerprint density at radius 1 is 1.24 bits per heavy atom. The lowest BCUT2D eigenvalue weighted by Gasteiger charge is -2.36. The zero-order valence-corrected chi connectivity index (χ0v) is 20.4. The van der Waals surface area contributed by atoms with Gasteiger partial charge in [-0.25, -0.2) is 14.5 Å². The largest absolute Gasteiger partial charge is 0.467 e. The fraction of sp³-hybridized carbons (Fsp3) is 0.583. The minimum atomic E-state index is -0.896. The van der Waals surface area contributed by atoms with Gasteiger partial charge in [-0.2, -0.15) is 0 Å². The number of rotatable bonds is 6. The highest BCUT2D eigenvalue weighted by Crippen LogP contribution is 2.37. The molecule has 1 aromatic carbocycles. The Kier molecular flexibility index (Phi) is 6.83. The van der Waals surface area contributed by atoms with Gasteiger partial charge in [0.15, 0.2) is 0 Å². The lowest BCUT2D eigenvalue weighted by molar-refractivity contribution is -0.144. The topological polar surface area (TPSA) is 96.5 Å². The normalized spacial score (nSPS) is 19.4. The van der Waals surface area contributed by atoms with Gasteiger partial charge < -0.3 is 14.4 Å². The Bertz CT molecular complexity index is 965. The van der Waals surface area contributed by atoms with E-state index in [2.05, 4.69) is 0 Å². The first-order valence-corrected chi connectivity index (χ1v) is 11.2. The Morgan fingerprint density at radius 3 is 2.48 bits per heavy atom. The van der Waals surface area contributed by atoms with E-state index < -0.39 is 29.5 Å². The third kappa shape index (κ3) is 4.21. The molecule has 2 aliphatic heterocycles. The number of benzene rings is 1. The Balaban J connectivity index is 2.14. The van der Waals surface area contributed by atoms with E-state index in [-0.39, 0.29) is 18.4 Å². The van der Waals surface area contributed by atoms with Crippen LogP contribution in [0.2, 0.25) is 0 Å². The number of carbonyl (C=O) groups is 4. The van der Waals surface area contributed by atoms with E-state index in [0.717, 1.165) is 10.5 Å². The summed E-state index contributed by atoms with van der Waals surface area (Å²) < 4.78 is 10.3. The molecule has 1 aromatic rings. The number of nitrogens with zero attached hydrogens (tertiary/aromatic N) is 3. The molecule has 2 aliphatic rings. The maximum atomic E-state index is 13.6. The van der Waals surface area contributed by atoms with Crippen molar-refractivity contribution in [3.8, 4) is 0 Å². The number of hydrogen-bond acceptors (Lipinski definition) is 6. The third-order valence-corrected chi connectivity index (χ3v) is 6.70. The van der Waals surface area contributed by atoms with Gasteiger partial charge in [-0.05, 0) is 44.4 Å². The third-order valence-electron chi connectivity index (χ3n) is 6.70. The van der Waals surface area contributed by atoms with Crippen molar-refractivity contribution in [1.82, 2.24) is 4.90 Å². The van der Waals surface area contributed by atoms with Crippen molar-refractivity contribution in [3.63, 3.8) is 0 Å². The highest BCUT2D eigenvalue weighted by atomic mass is 16.5. The van der Waals surface area contributed by atoms with Crippen molar-refractivity contribution < 1.29 is 28.7 Å². The molecule has 2 fully saturated rings. The molecule has 0 radical (unpaired) electrons. The molecule has 0 N–H and O–H groups in total. The summed E-state index contributed by atoms with van der Waals surface area (Å²) in [4.78, 5) is 56.4. The van der Waals surface area contributed by atoms with Crippen molar-refractivity contribution >= 4 is 35.2 Å². The number of anilines is 2. The van der Waals surface area contributed by atoms with Crippen LogP contribution in [0.3, 0.4) is 0 Å². The Morgan fingerprint density at radius 2 is 1.91 bits per heavy atom. The molecule has 0 saturated carbocycles. The lowest BCUT2D eigenvalue weighted by atomic mass is 9.87. The van der Waals surface area contributed by atoms with E-state index in [0.29, 0.717) is 36.5 Å². The molecule has 0 aliphatic carbocycles. The van der Waals surface area contributed by atoms with Crippen molar-refractivity contribution in [2.75, 3.05) is 36.7 Å². The van der Waals surface area contributed by atoms with Crippen LogP contribution in [0.1, 0.15) is 45.2 Å². The summed E-state index contributed by atoms with van der Waals surface area (Å²) in [6.45, 7) is 11.7. The average Bonchev–Trinajstić information content (AvgIpc) is 3.04. The van der Waals surface area contributed by atoms with Crippen LogP contribution >= 0.6 is 0 Å². The quantitative estimate of drug-likeness (QED) is 0.479. The number of amides is 4. The van der Waals surface area contributed by atoms with Gasteiger partial charge in [-0.1, -0.05) is 26.8 Å². The van der Waals surface area contributed by atoms with Crippen LogP contribution in [0.4, 0.5) is 16.2 Å². The van der Waals surface area contributed by atoms with Crippen LogP contribution in [-0.2, 0) is 23.9 Å². The second-order valence-corrected chi connectivity index (χ2v) is 9.28. The molecule has 0 bridgehead atoms. The molecule has 2 heterocycles. The first-order chi connectivity index (χ1) is 15.5. The zero-order chi connectivity index (χ0) is 24.7. The fourth-order valence-electron chi connectivity index (χ4n) is 4.21. The van der Waals surface area contributed by atoms with Crippen LogP contribution in [0.15, 0.2) is 12.1 Å². The molecule has 2 saturated heterocycles. The molecular formula is C24H33N3O6. The molecular weight excluding hydrogens is 426 g/mol. The minimum Gasteiger partial charge on any atom is -0.467 e. The van der Waals surface area contributed by atoms with Crippen molar-refractivity contribution in [2.45, 2.75) is 60.0 Å². The highest BCUT2D eigenvalue weighted by molar-refractivity contribution is 6.22.